The highest BCUT2D eigenvalue weighted by Gasteiger charge is 2.12. The second kappa shape index (κ2) is 3.82. The minimum atomic E-state index is 1.03. The summed E-state index contributed by atoms with van der Waals surface area (Å²) < 4.78 is 0. The minimum absolute atomic E-state index is 1.03. The molecule has 0 spiro atoms. The van der Waals surface area contributed by atoms with E-state index in [0.29, 0.717) is 0 Å². The van der Waals surface area contributed by atoms with E-state index in [1.54, 1.807) is 0 Å². The summed E-state index contributed by atoms with van der Waals surface area (Å²) in [6, 6.07) is 6.63. The van der Waals surface area contributed by atoms with Crippen LogP contribution >= 0.6 is 0 Å². The van der Waals surface area contributed by atoms with E-state index in [9.17, 15) is 0 Å². The Kier molecular flexibility index (Phi) is 2.53. The Morgan fingerprint density at radius 2 is 2.31 bits per heavy atom. The van der Waals surface area contributed by atoms with Gasteiger partial charge in [0, 0.05) is 12.2 Å². The van der Waals surface area contributed by atoms with E-state index in [-0.39, 0.29) is 0 Å². The molecule has 1 N–H and O–H groups in total. The maximum absolute atomic E-state index is 3.87. The maximum Gasteiger partial charge on any atom is 0.0406 e. The van der Waals surface area contributed by atoms with Gasteiger partial charge in [-0.1, -0.05) is 31.5 Å². The van der Waals surface area contributed by atoms with Crippen LogP contribution in [0.25, 0.3) is 0 Å². The summed E-state index contributed by atoms with van der Waals surface area (Å²) in [5, 5.41) is 3.46. The first-order chi connectivity index (χ1) is 6.42. The van der Waals surface area contributed by atoms with Crippen LogP contribution in [0.2, 0.25) is 0 Å². The molecule has 0 unspecified atom stereocenters. The number of nitrogens with one attached hydrogen (secondary N) is 1. The molecule has 2 rings (SSSR count). The lowest BCUT2D eigenvalue weighted by atomic mass is 10.0. The molecule has 0 fully saturated rings. The number of rotatable bonds is 3. The number of fused-ring (bicyclic) bond motifs is 1. The standard InChI is InChI=1S/C12H16N/c1-2-3-5-10-6-4-7-11-8-9-13-12(10)11/h4,6-7,13H,1-3,5,8-9H2. The van der Waals surface area contributed by atoms with Crippen LogP contribution in [0.15, 0.2) is 18.2 Å². The second-order valence-electron chi connectivity index (χ2n) is 3.59. The van der Waals surface area contributed by atoms with Crippen molar-refractivity contribution in [2.24, 2.45) is 0 Å². The Hall–Kier alpha value is -0.980. The smallest absolute Gasteiger partial charge is 0.0406 e. The van der Waals surface area contributed by atoms with E-state index in [2.05, 4.69) is 30.4 Å². The third-order valence-electron chi connectivity index (χ3n) is 2.63. The Balaban J connectivity index is 2.20. The van der Waals surface area contributed by atoms with Gasteiger partial charge < -0.3 is 5.32 Å². The van der Waals surface area contributed by atoms with E-state index in [0.717, 1.165) is 13.0 Å². The van der Waals surface area contributed by atoms with Gasteiger partial charge in [-0.05, 0) is 30.4 Å². The Bertz CT molecular complexity index is 291. The zero-order chi connectivity index (χ0) is 9.10. The number of aryl methyl sites for hydroxylation is 1. The lowest BCUT2D eigenvalue weighted by molar-refractivity contribution is 0.842. The van der Waals surface area contributed by atoms with Crippen LogP contribution in [0, 0.1) is 6.92 Å². The highest BCUT2D eigenvalue weighted by Crippen LogP contribution is 2.27. The van der Waals surface area contributed by atoms with Crippen molar-refractivity contribution < 1.29 is 0 Å². The summed E-state index contributed by atoms with van der Waals surface area (Å²) in [4.78, 5) is 0. The van der Waals surface area contributed by atoms with E-state index in [4.69, 9.17) is 0 Å². The number of hydrogen-bond donors (Lipinski definition) is 1. The molecule has 0 aliphatic carbocycles. The van der Waals surface area contributed by atoms with Crippen LogP contribution in [-0.2, 0) is 12.8 Å². The van der Waals surface area contributed by atoms with Crippen molar-refractivity contribution in [3.05, 3.63) is 36.2 Å². The monoisotopic (exact) mass is 174 g/mol. The van der Waals surface area contributed by atoms with E-state index in [1.807, 2.05) is 0 Å². The molecule has 0 atom stereocenters. The summed E-state index contributed by atoms with van der Waals surface area (Å²) in [6.07, 6.45) is 4.58. The fourth-order valence-corrected chi connectivity index (χ4v) is 1.93. The first-order valence-electron chi connectivity index (χ1n) is 5.05. The van der Waals surface area contributed by atoms with Crippen LogP contribution in [0.5, 0.6) is 0 Å². The SMILES string of the molecule is [CH2]CCCc1cccc2c1NCC2. The number of para-hydroxylation sites is 1. The van der Waals surface area contributed by atoms with Crippen LogP contribution in [-0.4, -0.2) is 6.54 Å². The first-order valence-corrected chi connectivity index (χ1v) is 5.05. The molecule has 13 heavy (non-hydrogen) atoms. The Labute approximate surface area is 80.2 Å². The molecule has 0 saturated carbocycles. The third kappa shape index (κ3) is 1.69. The lowest BCUT2D eigenvalue weighted by Crippen LogP contribution is -1.95. The quantitative estimate of drug-likeness (QED) is 0.743. The van der Waals surface area contributed by atoms with Crippen molar-refractivity contribution in [1.82, 2.24) is 0 Å². The van der Waals surface area contributed by atoms with Crippen molar-refractivity contribution in [1.29, 1.82) is 0 Å². The van der Waals surface area contributed by atoms with Gasteiger partial charge in [-0.15, -0.1) is 0 Å². The van der Waals surface area contributed by atoms with E-state index >= 15 is 0 Å². The molecule has 0 bridgehead atoms. The average molecular weight is 174 g/mol. The number of unbranched alkanes of at least 4 members (excludes halogenated alkanes) is 1. The van der Waals surface area contributed by atoms with Crippen molar-refractivity contribution in [2.75, 3.05) is 11.9 Å². The van der Waals surface area contributed by atoms with Crippen LogP contribution in [0.1, 0.15) is 24.0 Å². The fraction of sp³-hybridized carbons (Fsp3) is 0.417. The van der Waals surface area contributed by atoms with Gasteiger partial charge in [0.1, 0.15) is 0 Å². The predicted molar refractivity (Wildman–Crippen MR) is 56.9 cm³/mol. The van der Waals surface area contributed by atoms with E-state index in [1.165, 1.54) is 36.1 Å². The van der Waals surface area contributed by atoms with Crippen molar-refractivity contribution in [2.45, 2.75) is 25.7 Å². The van der Waals surface area contributed by atoms with Crippen molar-refractivity contribution in [3.8, 4) is 0 Å². The summed E-state index contributed by atoms with van der Waals surface area (Å²) in [5.74, 6) is 0. The van der Waals surface area contributed by atoms with Gasteiger partial charge in [-0.3, -0.25) is 0 Å². The molecule has 1 aliphatic heterocycles. The molecule has 1 heterocycles. The zero-order valence-corrected chi connectivity index (χ0v) is 7.97. The average Bonchev–Trinajstić information content (AvgIpc) is 2.62. The van der Waals surface area contributed by atoms with Gasteiger partial charge in [0.25, 0.3) is 0 Å². The van der Waals surface area contributed by atoms with Crippen LogP contribution < -0.4 is 5.32 Å². The Morgan fingerprint density at radius 1 is 1.38 bits per heavy atom. The summed E-state index contributed by atoms with van der Waals surface area (Å²) in [5.41, 5.74) is 4.36. The molecule has 0 amide bonds. The summed E-state index contributed by atoms with van der Waals surface area (Å²) in [6.45, 7) is 4.98. The zero-order valence-electron chi connectivity index (χ0n) is 7.97. The topological polar surface area (TPSA) is 12.0 Å². The van der Waals surface area contributed by atoms with Gasteiger partial charge >= 0.3 is 0 Å². The number of anilines is 1. The van der Waals surface area contributed by atoms with Crippen molar-refractivity contribution in [3.63, 3.8) is 0 Å². The van der Waals surface area contributed by atoms with Gasteiger partial charge in [0.05, 0.1) is 0 Å². The van der Waals surface area contributed by atoms with Crippen LogP contribution in [0.4, 0.5) is 5.69 Å². The van der Waals surface area contributed by atoms with Gasteiger partial charge in [0.2, 0.25) is 0 Å². The molecule has 1 heteroatoms. The van der Waals surface area contributed by atoms with Gasteiger partial charge in [-0.25, -0.2) is 0 Å². The van der Waals surface area contributed by atoms with Gasteiger partial charge in [0.15, 0.2) is 0 Å². The predicted octanol–water partition coefficient (Wildman–Crippen LogP) is 2.81. The van der Waals surface area contributed by atoms with Crippen molar-refractivity contribution >= 4 is 5.69 Å². The largest absolute Gasteiger partial charge is 0.384 e. The summed E-state index contributed by atoms with van der Waals surface area (Å²) in [7, 11) is 0. The highest BCUT2D eigenvalue weighted by molar-refractivity contribution is 5.61. The fourth-order valence-electron chi connectivity index (χ4n) is 1.93. The highest BCUT2D eigenvalue weighted by atomic mass is 14.9. The normalized spacial score (nSPS) is 13.9. The van der Waals surface area contributed by atoms with E-state index < -0.39 is 0 Å². The molecular formula is C12H16N. The molecule has 1 aromatic rings. The third-order valence-corrected chi connectivity index (χ3v) is 2.63. The van der Waals surface area contributed by atoms with Crippen LogP contribution in [0.3, 0.4) is 0 Å². The minimum Gasteiger partial charge on any atom is -0.384 e. The second-order valence-corrected chi connectivity index (χ2v) is 3.59. The molecular weight excluding hydrogens is 158 g/mol. The molecule has 0 aromatic heterocycles. The lowest BCUT2D eigenvalue weighted by Gasteiger charge is -2.07. The molecule has 1 radical (unpaired) electrons. The number of hydrogen-bond acceptors (Lipinski definition) is 1. The molecule has 1 aromatic carbocycles. The number of benzene rings is 1. The Morgan fingerprint density at radius 3 is 3.15 bits per heavy atom. The molecule has 1 aliphatic rings. The molecule has 1 nitrogen and oxygen atoms in total. The molecule has 69 valence electrons. The van der Waals surface area contributed by atoms with Gasteiger partial charge in [-0.2, -0.15) is 0 Å². The molecule has 0 saturated heterocycles. The maximum atomic E-state index is 3.87. The first kappa shape index (κ1) is 8.61. The summed E-state index contributed by atoms with van der Waals surface area (Å²) >= 11 is 0.